The van der Waals surface area contributed by atoms with Crippen LogP contribution in [0, 0.1) is 5.92 Å². The summed E-state index contributed by atoms with van der Waals surface area (Å²) in [7, 11) is 0. The average molecular weight is 178 g/mol. The number of aromatic nitrogens is 1. The van der Waals surface area contributed by atoms with Crippen LogP contribution in [0.15, 0.2) is 18.3 Å². The van der Waals surface area contributed by atoms with Gasteiger partial charge in [0.2, 0.25) is 0 Å². The number of rotatable bonds is 2. The Hall–Kier alpha value is -1.58. The van der Waals surface area contributed by atoms with E-state index in [0.29, 0.717) is 12.1 Å². The summed E-state index contributed by atoms with van der Waals surface area (Å²) in [5.41, 5.74) is 7.00. The Balaban J connectivity index is 2.16. The SMILES string of the molecule is Nc1ccnc(C2CC2C(=O)O)c1. The van der Waals surface area contributed by atoms with E-state index in [0.717, 1.165) is 5.69 Å². The molecule has 4 nitrogen and oxygen atoms in total. The number of nitrogens with zero attached hydrogens (tertiary/aromatic N) is 1. The number of carboxylic acid groups (broad SMARTS) is 1. The summed E-state index contributed by atoms with van der Waals surface area (Å²) in [6.45, 7) is 0. The molecule has 0 bridgehead atoms. The number of nitrogens with two attached hydrogens (primary N) is 1. The second kappa shape index (κ2) is 2.73. The molecule has 1 aromatic rings. The van der Waals surface area contributed by atoms with Gasteiger partial charge in [-0.3, -0.25) is 9.78 Å². The Kier molecular flexibility index (Phi) is 1.69. The highest BCUT2D eigenvalue weighted by molar-refractivity contribution is 5.75. The van der Waals surface area contributed by atoms with Crippen LogP contribution in [0.1, 0.15) is 18.0 Å². The number of aliphatic carboxylic acids is 1. The summed E-state index contributed by atoms with van der Waals surface area (Å²) in [4.78, 5) is 14.7. The van der Waals surface area contributed by atoms with Gasteiger partial charge in [-0.1, -0.05) is 0 Å². The molecule has 1 heterocycles. The molecule has 0 aromatic carbocycles. The standard InChI is InChI=1S/C9H10N2O2/c10-5-1-2-11-8(3-5)6-4-7(6)9(12)13/h1-3,6-7H,4H2,(H2,10,11)(H,12,13). The van der Waals surface area contributed by atoms with Crippen molar-refractivity contribution in [2.75, 3.05) is 5.73 Å². The topological polar surface area (TPSA) is 76.2 Å². The van der Waals surface area contributed by atoms with Gasteiger partial charge in [0.05, 0.1) is 5.92 Å². The normalized spacial score (nSPS) is 25.5. The van der Waals surface area contributed by atoms with Crippen molar-refractivity contribution in [3.63, 3.8) is 0 Å². The molecule has 0 amide bonds. The highest BCUT2D eigenvalue weighted by Gasteiger charge is 2.45. The van der Waals surface area contributed by atoms with Crippen LogP contribution >= 0.6 is 0 Å². The lowest BCUT2D eigenvalue weighted by Gasteiger charge is -1.98. The molecule has 1 saturated carbocycles. The third kappa shape index (κ3) is 1.47. The summed E-state index contributed by atoms with van der Waals surface area (Å²) >= 11 is 0. The van der Waals surface area contributed by atoms with E-state index < -0.39 is 5.97 Å². The lowest BCUT2D eigenvalue weighted by Crippen LogP contribution is -2.00. The van der Waals surface area contributed by atoms with Crippen molar-refractivity contribution in [1.82, 2.24) is 4.98 Å². The van der Waals surface area contributed by atoms with Gasteiger partial charge in [0.25, 0.3) is 0 Å². The van der Waals surface area contributed by atoms with E-state index in [9.17, 15) is 4.79 Å². The predicted octanol–water partition coefficient (Wildman–Crippen LogP) is 0.852. The summed E-state index contributed by atoms with van der Waals surface area (Å²) in [5.74, 6) is -0.926. The zero-order chi connectivity index (χ0) is 9.42. The second-order valence-electron chi connectivity index (χ2n) is 3.30. The first-order chi connectivity index (χ1) is 6.18. The minimum atomic E-state index is -0.741. The summed E-state index contributed by atoms with van der Waals surface area (Å²) in [6.07, 6.45) is 2.30. The molecule has 1 aromatic heterocycles. The third-order valence-electron chi connectivity index (χ3n) is 2.29. The summed E-state index contributed by atoms with van der Waals surface area (Å²) in [5, 5.41) is 8.70. The number of anilines is 1. The van der Waals surface area contributed by atoms with E-state index in [2.05, 4.69) is 4.98 Å². The molecule has 3 N–H and O–H groups in total. The zero-order valence-electron chi connectivity index (χ0n) is 6.97. The van der Waals surface area contributed by atoms with E-state index in [4.69, 9.17) is 10.8 Å². The molecule has 1 aliphatic rings. The summed E-state index contributed by atoms with van der Waals surface area (Å²) in [6, 6.07) is 3.44. The van der Waals surface area contributed by atoms with E-state index in [-0.39, 0.29) is 11.8 Å². The van der Waals surface area contributed by atoms with E-state index in [1.807, 2.05) is 0 Å². The van der Waals surface area contributed by atoms with Crippen LogP contribution in [0.4, 0.5) is 5.69 Å². The van der Waals surface area contributed by atoms with Crippen LogP contribution in [-0.2, 0) is 4.79 Å². The zero-order valence-corrected chi connectivity index (χ0v) is 6.97. The van der Waals surface area contributed by atoms with Gasteiger partial charge in [-0.15, -0.1) is 0 Å². The van der Waals surface area contributed by atoms with Crippen molar-refractivity contribution >= 4 is 11.7 Å². The predicted molar refractivity (Wildman–Crippen MR) is 47.1 cm³/mol. The Morgan fingerprint density at radius 2 is 2.46 bits per heavy atom. The Labute approximate surface area is 75.4 Å². The Morgan fingerprint density at radius 3 is 3.00 bits per heavy atom. The van der Waals surface area contributed by atoms with E-state index in [1.54, 1.807) is 18.3 Å². The van der Waals surface area contributed by atoms with Crippen LogP contribution in [-0.4, -0.2) is 16.1 Å². The molecule has 0 saturated heterocycles. The quantitative estimate of drug-likeness (QED) is 0.703. The largest absolute Gasteiger partial charge is 0.481 e. The molecule has 2 atom stereocenters. The maximum Gasteiger partial charge on any atom is 0.307 e. The second-order valence-corrected chi connectivity index (χ2v) is 3.30. The number of hydrogen-bond acceptors (Lipinski definition) is 3. The van der Waals surface area contributed by atoms with Crippen molar-refractivity contribution in [3.8, 4) is 0 Å². The lowest BCUT2D eigenvalue weighted by molar-refractivity contribution is -0.138. The number of carboxylic acids is 1. The number of hydrogen-bond donors (Lipinski definition) is 2. The van der Waals surface area contributed by atoms with Crippen LogP contribution in [0.25, 0.3) is 0 Å². The van der Waals surface area contributed by atoms with Crippen molar-refractivity contribution in [1.29, 1.82) is 0 Å². The molecule has 68 valence electrons. The van der Waals surface area contributed by atoms with Gasteiger partial charge in [0, 0.05) is 23.5 Å². The maximum absolute atomic E-state index is 10.6. The smallest absolute Gasteiger partial charge is 0.307 e. The highest BCUT2D eigenvalue weighted by atomic mass is 16.4. The summed E-state index contributed by atoms with van der Waals surface area (Å²) < 4.78 is 0. The van der Waals surface area contributed by atoms with Gasteiger partial charge in [-0.25, -0.2) is 0 Å². The van der Waals surface area contributed by atoms with Crippen LogP contribution in [0.5, 0.6) is 0 Å². The fourth-order valence-corrected chi connectivity index (χ4v) is 1.46. The van der Waals surface area contributed by atoms with Gasteiger partial charge in [-0.2, -0.15) is 0 Å². The number of pyridine rings is 1. The van der Waals surface area contributed by atoms with Crippen LogP contribution < -0.4 is 5.73 Å². The van der Waals surface area contributed by atoms with Gasteiger partial charge < -0.3 is 10.8 Å². The first-order valence-corrected chi connectivity index (χ1v) is 4.12. The monoisotopic (exact) mass is 178 g/mol. The molecule has 0 aliphatic heterocycles. The van der Waals surface area contributed by atoms with Crippen molar-refractivity contribution in [3.05, 3.63) is 24.0 Å². The van der Waals surface area contributed by atoms with Crippen molar-refractivity contribution in [2.24, 2.45) is 5.92 Å². The molecule has 2 unspecified atom stereocenters. The average Bonchev–Trinajstić information content (AvgIpc) is 2.82. The highest BCUT2D eigenvalue weighted by Crippen LogP contribution is 2.46. The first-order valence-electron chi connectivity index (χ1n) is 4.12. The first kappa shape index (κ1) is 8.04. The molecule has 2 rings (SSSR count). The van der Waals surface area contributed by atoms with Crippen molar-refractivity contribution in [2.45, 2.75) is 12.3 Å². The molecule has 0 radical (unpaired) electrons. The van der Waals surface area contributed by atoms with Gasteiger partial charge >= 0.3 is 5.97 Å². The number of carbonyl (C=O) groups is 1. The fourth-order valence-electron chi connectivity index (χ4n) is 1.46. The molecular weight excluding hydrogens is 168 g/mol. The maximum atomic E-state index is 10.6. The third-order valence-corrected chi connectivity index (χ3v) is 2.29. The Morgan fingerprint density at radius 1 is 1.69 bits per heavy atom. The molecular formula is C9H10N2O2. The van der Waals surface area contributed by atoms with Gasteiger partial charge in [-0.05, 0) is 18.6 Å². The number of nitrogen functional groups attached to an aromatic ring is 1. The van der Waals surface area contributed by atoms with E-state index in [1.165, 1.54) is 0 Å². The van der Waals surface area contributed by atoms with Crippen molar-refractivity contribution < 1.29 is 9.90 Å². The molecule has 4 heteroatoms. The minimum Gasteiger partial charge on any atom is -0.481 e. The fraction of sp³-hybridized carbons (Fsp3) is 0.333. The molecule has 0 spiro atoms. The van der Waals surface area contributed by atoms with Crippen LogP contribution in [0.3, 0.4) is 0 Å². The molecule has 1 aliphatic carbocycles. The minimum absolute atomic E-state index is 0.0704. The van der Waals surface area contributed by atoms with Crippen LogP contribution in [0.2, 0.25) is 0 Å². The molecule has 13 heavy (non-hydrogen) atoms. The molecule has 1 fully saturated rings. The van der Waals surface area contributed by atoms with Gasteiger partial charge in [0.15, 0.2) is 0 Å². The van der Waals surface area contributed by atoms with E-state index >= 15 is 0 Å². The van der Waals surface area contributed by atoms with Gasteiger partial charge in [0.1, 0.15) is 0 Å². The Bertz CT molecular complexity index is 351. The lowest BCUT2D eigenvalue weighted by atomic mass is 10.2.